The molecule has 0 aliphatic carbocycles. The second-order valence-corrected chi connectivity index (χ2v) is 7.31. The molecule has 1 aromatic heterocycles. The van der Waals surface area contributed by atoms with Gasteiger partial charge in [0.25, 0.3) is 5.56 Å². The summed E-state index contributed by atoms with van der Waals surface area (Å²) < 4.78 is 15.3. The average molecular weight is 344 g/mol. The van der Waals surface area contributed by atoms with E-state index in [1.165, 1.54) is 57.3 Å². The normalized spacial score (nSPS) is 16.6. The van der Waals surface area contributed by atoms with Crippen molar-refractivity contribution in [3.05, 3.63) is 46.5 Å². The summed E-state index contributed by atoms with van der Waals surface area (Å²) in [5.74, 6) is 0.612. The maximum atomic E-state index is 13.6. The summed E-state index contributed by atoms with van der Waals surface area (Å²) in [6.07, 6.45) is 7.56. The lowest BCUT2D eigenvalue weighted by atomic mass is 9.91. The fraction of sp³-hybridized carbons (Fsp3) is 0.571. The Balaban J connectivity index is 1.55. The third-order valence-corrected chi connectivity index (χ3v) is 5.48. The fourth-order valence-corrected chi connectivity index (χ4v) is 3.94. The maximum absolute atomic E-state index is 13.6. The number of hydrogen-bond donors (Lipinski definition) is 0. The van der Waals surface area contributed by atoms with Crippen LogP contribution in [0.1, 0.15) is 45.4 Å². The van der Waals surface area contributed by atoms with Crippen LogP contribution in [0.15, 0.2) is 35.1 Å². The highest BCUT2D eigenvalue weighted by Gasteiger charge is 2.18. The number of unbranched alkanes of at least 4 members (excludes halogenated alkanes) is 1. The van der Waals surface area contributed by atoms with E-state index in [1.807, 2.05) is 0 Å². The molecule has 1 aromatic carbocycles. The topological polar surface area (TPSA) is 25.2 Å². The van der Waals surface area contributed by atoms with Gasteiger partial charge in [0.1, 0.15) is 5.82 Å². The number of piperidine rings is 1. The van der Waals surface area contributed by atoms with Gasteiger partial charge in [-0.25, -0.2) is 4.39 Å². The maximum Gasteiger partial charge on any atom is 0.251 e. The highest BCUT2D eigenvalue weighted by atomic mass is 19.1. The minimum absolute atomic E-state index is 0.0450. The van der Waals surface area contributed by atoms with E-state index in [2.05, 4.69) is 11.8 Å². The molecule has 0 atom stereocenters. The molecular weight excluding hydrogens is 315 g/mol. The molecule has 4 heteroatoms. The van der Waals surface area contributed by atoms with Crippen molar-refractivity contribution in [3.8, 4) is 0 Å². The highest BCUT2D eigenvalue weighted by molar-refractivity contribution is 5.78. The van der Waals surface area contributed by atoms with E-state index in [0.29, 0.717) is 12.1 Å². The first-order valence-corrected chi connectivity index (χ1v) is 9.69. The summed E-state index contributed by atoms with van der Waals surface area (Å²) in [5.41, 5.74) is 0.655. The standard InChI is InChI=1S/C21H29FN2O/c1-2-3-5-17-10-14-23(15-11-17)12-4-13-24-20-16-19(22)8-6-18(20)7-9-21(24)25/h6-9,16-17H,2-5,10-15H2,1H3. The molecule has 1 fully saturated rings. The van der Waals surface area contributed by atoms with Gasteiger partial charge in [-0.2, -0.15) is 0 Å². The molecule has 1 saturated heterocycles. The SMILES string of the molecule is CCCCC1CCN(CCCn2c(=O)ccc3ccc(F)cc32)CC1. The predicted molar refractivity (Wildman–Crippen MR) is 101 cm³/mol. The summed E-state index contributed by atoms with van der Waals surface area (Å²) in [7, 11) is 0. The zero-order chi connectivity index (χ0) is 17.6. The van der Waals surface area contributed by atoms with Gasteiger partial charge in [-0.1, -0.05) is 26.2 Å². The molecule has 0 unspecified atom stereocenters. The van der Waals surface area contributed by atoms with Gasteiger partial charge >= 0.3 is 0 Å². The van der Waals surface area contributed by atoms with Crippen LogP contribution in [0, 0.1) is 11.7 Å². The first-order chi connectivity index (χ1) is 12.2. The van der Waals surface area contributed by atoms with Crippen LogP contribution in [0.2, 0.25) is 0 Å². The van der Waals surface area contributed by atoms with Crippen molar-refractivity contribution in [1.82, 2.24) is 9.47 Å². The first kappa shape index (κ1) is 18.1. The minimum Gasteiger partial charge on any atom is -0.308 e. The van der Waals surface area contributed by atoms with Crippen molar-refractivity contribution >= 4 is 10.9 Å². The summed E-state index contributed by atoms with van der Waals surface area (Å²) in [6.45, 7) is 6.27. The van der Waals surface area contributed by atoms with E-state index in [4.69, 9.17) is 0 Å². The molecule has 25 heavy (non-hydrogen) atoms. The Labute approximate surface area is 149 Å². The first-order valence-electron chi connectivity index (χ1n) is 9.69. The van der Waals surface area contributed by atoms with Gasteiger partial charge in [-0.15, -0.1) is 0 Å². The number of aromatic nitrogens is 1. The number of rotatable bonds is 7. The third-order valence-electron chi connectivity index (χ3n) is 5.48. The van der Waals surface area contributed by atoms with Crippen LogP contribution < -0.4 is 5.56 Å². The van der Waals surface area contributed by atoms with Crippen LogP contribution in [0.3, 0.4) is 0 Å². The molecule has 1 aliphatic rings. The van der Waals surface area contributed by atoms with Crippen molar-refractivity contribution in [2.45, 2.75) is 52.0 Å². The van der Waals surface area contributed by atoms with E-state index in [1.54, 1.807) is 22.8 Å². The number of hydrogen-bond acceptors (Lipinski definition) is 2. The van der Waals surface area contributed by atoms with Crippen molar-refractivity contribution in [1.29, 1.82) is 0 Å². The zero-order valence-corrected chi connectivity index (χ0v) is 15.2. The Morgan fingerprint density at radius 2 is 1.84 bits per heavy atom. The van der Waals surface area contributed by atoms with Crippen molar-refractivity contribution in [2.75, 3.05) is 19.6 Å². The Kier molecular flexibility index (Phi) is 6.24. The lowest BCUT2D eigenvalue weighted by molar-refractivity contribution is 0.174. The molecule has 0 radical (unpaired) electrons. The molecule has 0 N–H and O–H groups in total. The van der Waals surface area contributed by atoms with Gasteiger partial charge in [0, 0.05) is 12.6 Å². The lowest BCUT2D eigenvalue weighted by Crippen LogP contribution is -2.35. The van der Waals surface area contributed by atoms with Crippen molar-refractivity contribution in [2.24, 2.45) is 5.92 Å². The van der Waals surface area contributed by atoms with Crippen LogP contribution in [0.4, 0.5) is 4.39 Å². The van der Waals surface area contributed by atoms with Gasteiger partial charge in [0.15, 0.2) is 0 Å². The summed E-state index contributed by atoms with van der Waals surface area (Å²) in [4.78, 5) is 14.7. The number of fused-ring (bicyclic) bond motifs is 1. The second-order valence-electron chi connectivity index (χ2n) is 7.31. The van der Waals surface area contributed by atoms with Crippen LogP contribution in [0.25, 0.3) is 10.9 Å². The number of nitrogens with zero attached hydrogens (tertiary/aromatic N) is 2. The van der Waals surface area contributed by atoms with E-state index in [-0.39, 0.29) is 11.4 Å². The fourth-order valence-electron chi connectivity index (χ4n) is 3.94. The second kappa shape index (κ2) is 8.61. The number of aryl methyl sites for hydroxylation is 1. The number of pyridine rings is 1. The molecule has 0 saturated carbocycles. The summed E-state index contributed by atoms with van der Waals surface area (Å²) in [5, 5.41) is 0.915. The quantitative estimate of drug-likeness (QED) is 0.742. The minimum atomic E-state index is -0.291. The summed E-state index contributed by atoms with van der Waals surface area (Å²) in [6, 6.07) is 8.01. The summed E-state index contributed by atoms with van der Waals surface area (Å²) >= 11 is 0. The van der Waals surface area contributed by atoms with Crippen LogP contribution in [-0.2, 0) is 6.54 Å². The number of halogens is 1. The van der Waals surface area contributed by atoms with Gasteiger partial charge in [0.05, 0.1) is 5.52 Å². The van der Waals surface area contributed by atoms with Gasteiger partial charge < -0.3 is 9.47 Å². The largest absolute Gasteiger partial charge is 0.308 e. The molecular formula is C21H29FN2O. The van der Waals surface area contributed by atoms with Crippen molar-refractivity contribution in [3.63, 3.8) is 0 Å². The number of likely N-dealkylation sites (tertiary alicyclic amines) is 1. The average Bonchev–Trinajstić information content (AvgIpc) is 2.63. The smallest absolute Gasteiger partial charge is 0.251 e. The molecule has 2 heterocycles. The van der Waals surface area contributed by atoms with Crippen LogP contribution in [-0.4, -0.2) is 29.1 Å². The molecule has 0 amide bonds. The Bertz CT molecular complexity index is 747. The Hall–Kier alpha value is -1.68. The third kappa shape index (κ3) is 4.69. The molecule has 2 aromatic rings. The van der Waals surface area contributed by atoms with Gasteiger partial charge in [-0.3, -0.25) is 4.79 Å². The van der Waals surface area contributed by atoms with E-state index < -0.39 is 0 Å². The Morgan fingerprint density at radius 3 is 2.60 bits per heavy atom. The van der Waals surface area contributed by atoms with E-state index in [0.717, 1.165) is 24.3 Å². The molecule has 136 valence electrons. The van der Waals surface area contributed by atoms with Crippen LogP contribution >= 0.6 is 0 Å². The molecule has 0 bridgehead atoms. The van der Waals surface area contributed by atoms with Crippen molar-refractivity contribution < 1.29 is 4.39 Å². The predicted octanol–water partition coefficient (Wildman–Crippen LogP) is 4.43. The molecule has 3 nitrogen and oxygen atoms in total. The monoisotopic (exact) mass is 344 g/mol. The highest BCUT2D eigenvalue weighted by Crippen LogP contribution is 2.22. The molecule has 1 aliphatic heterocycles. The van der Waals surface area contributed by atoms with Crippen LogP contribution in [0.5, 0.6) is 0 Å². The van der Waals surface area contributed by atoms with E-state index >= 15 is 0 Å². The zero-order valence-electron chi connectivity index (χ0n) is 15.2. The van der Waals surface area contributed by atoms with Gasteiger partial charge in [-0.05, 0) is 74.5 Å². The Morgan fingerprint density at radius 1 is 1.08 bits per heavy atom. The lowest BCUT2D eigenvalue weighted by Gasteiger charge is -2.32. The number of benzene rings is 1. The molecule has 3 rings (SSSR count). The molecule has 0 spiro atoms. The van der Waals surface area contributed by atoms with Gasteiger partial charge in [0.2, 0.25) is 0 Å². The van der Waals surface area contributed by atoms with E-state index in [9.17, 15) is 9.18 Å².